The third kappa shape index (κ3) is 2.63. The van der Waals surface area contributed by atoms with Crippen LogP contribution in [-0.2, 0) is 13.5 Å². The minimum absolute atomic E-state index is 0.0444. The van der Waals surface area contributed by atoms with Gasteiger partial charge in [0.25, 0.3) is 0 Å². The van der Waals surface area contributed by atoms with E-state index in [0.29, 0.717) is 40.2 Å². The maximum absolute atomic E-state index is 14.2. The fourth-order valence-corrected chi connectivity index (χ4v) is 3.59. The highest BCUT2D eigenvalue weighted by Gasteiger charge is 2.33. The second-order valence-corrected chi connectivity index (χ2v) is 6.46. The van der Waals surface area contributed by atoms with Gasteiger partial charge in [-0.3, -0.25) is 9.48 Å². The van der Waals surface area contributed by atoms with Gasteiger partial charge in [-0.15, -0.1) is 0 Å². The number of nitrogen functional groups attached to an aromatic ring is 1. The molecule has 4 rings (SSSR count). The van der Waals surface area contributed by atoms with E-state index in [-0.39, 0.29) is 24.1 Å². The van der Waals surface area contributed by atoms with Gasteiger partial charge in [0.1, 0.15) is 0 Å². The highest BCUT2D eigenvalue weighted by atomic mass is 19.1. The lowest BCUT2D eigenvalue weighted by Gasteiger charge is -2.23. The van der Waals surface area contributed by atoms with Crippen molar-refractivity contribution >= 4 is 11.7 Å². The fourth-order valence-electron chi connectivity index (χ4n) is 3.59. The molecule has 0 bridgehead atoms. The first kappa shape index (κ1) is 16.3. The number of pyridine rings is 1. The molecule has 0 amide bonds. The van der Waals surface area contributed by atoms with Gasteiger partial charge in [0.15, 0.2) is 5.78 Å². The van der Waals surface area contributed by atoms with Gasteiger partial charge in [-0.1, -0.05) is 0 Å². The molecule has 1 unspecified atom stereocenters. The number of aromatic nitrogens is 5. The number of nitrogens with zero attached hydrogens (tertiary/aromatic N) is 5. The number of hydrogen-bond donors (Lipinski definition) is 1. The van der Waals surface area contributed by atoms with Crippen molar-refractivity contribution in [2.24, 2.45) is 7.05 Å². The van der Waals surface area contributed by atoms with Crippen molar-refractivity contribution in [2.45, 2.75) is 25.7 Å². The van der Waals surface area contributed by atoms with Crippen molar-refractivity contribution in [1.82, 2.24) is 24.7 Å². The summed E-state index contributed by atoms with van der Waals surface area (Å²) in [5.41, 5.74) is 9.17. The second kappa shape index (κ2) is 5.98. The molecule has 0 saturated heterocycles. The normalized spacial score (nSPS) is 16.6. The molecule has 0 radical (unpaired) electrons. The molecule has 2 N–H and O–H groups in total. The zero-order valence-corrected chi connectivity index (χ0v) is 14.4. The average Bonchev–Trinajstić information content (AvgIpc) is 2.95. The summed E-state index contributed by atoms with van der Waals surface area (Å²) < 4.78 is 15.8. The summed E-state index contributed by atoms with van der Waals surface area (Å²) in [6.07, 6.45) is 3.92. The number of Topliss-reactive ketones (excluding diaryl/α,β-unsaturated/α-hetero) is 1. The van der Waals surface area contributed by atoms with Crippen molar-refractivity contribution in [3.63, 3.8) is 0 Å². The van der Waals surface area contributed by atoms with Crippen LogP contribution in [0.5, 0.6) is 0 Å². The number of anilines is 1. The van der Waals surface area contributed by atoms with Crippen LogP contribution in [0, 0.1) is 12.9 Å². The number of rotatable bonds is 2. The van der Waals surface area contributed by atoms with E-state index in [9.17, 15) is 9.18 Å². The molecule has 3 heterocycles. The van der Waals surface area contributed by atoms with Crippen molar-refractivity contribution < 1.29 is 9.18 Å². The highest BCUT2D eigenvalue weighted by Crippen LogP contribution is 2.37. The minimum Gasteiger partial charge on any atom is -0.368 e. The summed E-state index contributed by atoms with van der Waals surface area (Å²) in [5, 5.41) is 4.50. The smallest absolute Gasteiger partial charge is 0.220 e. The van der Waals surface area contributed by atoms with Crippen LogP contribution in [-0.4, -0.2) is 30.5 Å². The van der Waals surface area contributed by atoms with Crippen LogP contribution in [0.2, 0.25) is 0 Å². The van der Waals surface area contributed by atoms with E-state index in [1.165, 1.54) is 6.20 Å². The predicted octanol–water partition coefficient (Wildman–Crippen LogP) is 2.21. The molecule has 0 saturated carbocycles. The van der Waals surface area contributed by atoms with Crippen LogP contribution in [0.1, 0.15) is 39.8 Å². The summed E-state index contributed by atoms with van der Waals surface area (Å²) in [6.45, 7) is 1.76. The molecule has 26 heavy (non-hydrogen) atoms. The molecule has 1 aliphatic carbocycles. The quantitative estimate of drug-likeness (QED) is 0.710. The van der Waals surface area contributed by atoms with E-state index < -0.39 is 5.95 Å². The molecule has 7 nitrogen and oxygen atoms in total. The van der Waals surface area contributed by atoms with Gasteiger partial charge in [0.05, 0.1) is 22.6 Å². The summed E-state index contributed by atoms with van der Waals surface area (Å²) in [4.78, 5) is 24.7. The van der Waals surface area contributed by atoms with Crippen LogP contribution < -0.4 is 5.73 Å². The fraction of sp³-hybridized carbons (Fsp3) is 0.278. The Bertz CT molecular complexity index is 1030. The van der Waals surface area contributed by atoms with Crippen molar-refractivity contribution in [3.8, 4) is 11.1 Å². The summed E-state index contributed by atoms with van der Waals surface area (Å²) in [5.74, 6) is -0.669. The van der Waals surface area contributed by atoms with Crippen LogP contribution in [0.15, 0.2) is 24.5 Å². The van der Waals surface area contributed by atoms with Crippen LogP contribution >= 0.6 is 0 Å². The SMILES string of the molecule is Cc1nc(N)nc2c1C(=O)CC(c1nn(C)cc1-c1cccnc1F)C2. The first-order valence-corrected chi connectivity index (χ1v) is 8.24. The first-order valence-electron chi connectivity index (χ1n) is 8.24. The lowest BCUT2D eigenvalue weighted by atomic mass is 9.82. The Morgan fingerprint density at radius 1 is 1.27 bits per heavy atom. The molecular weight excluding hydrogens is 335 g/mol. The van der Waals surface area contributed by atoms with Gasteiger partial charge in [-0.2, -0.15) is 9.49 Å². The number of fused-ring (bicyclic) bond motifs is 1. The van der Waals surface area contributed by atoms with Crippen LogP contribution in [0.4, 0.5) is 10.3 Å². The molecule has 3 aromatic heterocycles. The van der Waals surface area contributed by atoms with E-state index in [1.54, 1.807) is 37.0 Å². The van der Waals surface area contributed by atoms with E-state index in [0.717, 1.165) is 0 Å². The lowest BCUT2D eigenvalue weighted by Crippen LogP contribution is -2.23. The van der Waals surface area contributed by atoms with Gasteiger partial charge in [-0.25, -0.2) is 15.0 Å². The molecule has 8 heteroatoms. The number of ketones is 1. The third-order valence-corrected chi connectivity index (χ3v) is 4.63. The lowest BCUT2D eigenvalue weighted by molar-refractivity contribution is 0.0961. The Morgan fingerprint density at radius 2 is 2.08 bits per heavy atom. The zero-order valence-electron chi connectivity index (χ0n) is 14.4. The molecule has 0 spiro atoms. The maximum Gasteiger partial charge on any atom is 0.220 e. The highest BCUT2D eigenvalue weighted by molar-refractivity contribution is 6.00. The average molecular weight is 352 g/mol. The molecule has 132 valence electrons. The van der Waals surface area contributed by atoms with E-state index in [1.807, 2.05) is 0 Å². The van der Waals surface area contributed by atoms with E-state index in [4.69, 9.17) is 5.73 Å². The summed E-state index contributed by atoms with van der Waals surface area (Å²) >= 11 is 0. The maximum atomic E-state index is 14.2. The summed E-state index contributed by atoms with van der Waals surface area (Å²) in [6, 6.07) is 3.33. The van der Waals surface area contributed by atoms with Gasteiger partial charge < -0.3 is 5.73 Å². The van der Waals surface area contributed by atoms with Gasteiger partial charge in [-0.05, 0) is 25.5 Å². The van der Waals surface area contributed by atoms with Crippen LogP contribution in [0.25, 0.3) is 11.1 Å². The summed E-state index contributed by atoms with van der Waals surface area (Å²) in [7, 11) is 1.77. The molecule has 1 atom stereocenters. The Kier molecular flexibility index (Phi) is 3.75. The molecule has 1 aliphatic rings. The van der Waals surface area contributed by atoms with Gasteiger partial charge in [0.2, 0.25) is 11.9 Å². The van der Waals surface area contributed by atoms with E-state index in [2.05, 4.69) is 20.1 Å². The molecule has 0 aliphatic heterocycles. The number of halogens is 1. The Balaban J connectivity index is 1.81. The third-order valence-electron chi connectivity index (χ3n) is 4.63. The molecule has 0 fully saturated rings. The Hall–Kier alpha value is -3.16. The van der Waals surface area contributed by atoms with Crippen molar-refractivity contribution in [3.05, 3.63) is 53.1 Å². The molecular formula is C18H17FN6O. The van der Waals surface area contributed by atoms with Gasteiger partial charge in [0, 0.05) is 42.9 Å². The van der Waals surface area contributed by atoms with Crippen LogP contribution in [0.3, 0.4) is 0 Å². The standard InChI is InChI=1S/C18H17FN6O/c1-9-15-13(23-18(20)22-9)6-10(7-14(15)26)16-12(8-25(2)24-16)11-4-3-5-21-17(11)19/h3-5,8,10H,6-7H2,1-2H3,(H2,20,22,23). The predicted molar refractivity (Wildman–Crippen MR) is 93.0 cm³/mol. The minimum atomic E-state index is -0.563. The van der Waals surface area contributed by atoms with E-state index >= 15 is 0 Å². The van der Waals surface area contributed by atoms with Crippen molar-refractivity contribution in [1.29, 1.82) is 0 Å². The number of carbonyl (C=O) groups excluding carboxylic acids is 1. The Morgan fingerprint density at radius 3 is 2.85 bits per heavy atom. The van der Waals surface area contributed by atoms with Gasteiger partial charge >= 0.3 is 0 Å². The number of carbonyl (C=O) groups is 1. The first-order chi connectivity index (χ1) is 12.4. The second-order valence-electron chi connectivity index (χ2n) is 6.46. The molecule has 3 aromatic rings. The number of hydrogen-bond acceptors (Lipinski definition) is 6. The molecule has 0 aromatic carbocycles. The number of aryl methyl sites for hydroxylation is 2. The topological polar surface area (TPSA) is 99.6 Å². The van der Waals surface area contributed by atoms with Crippen molar-refractivity contribution in [2.75, 3.05) is 5.73 Å². The largest absolute Gasteiger partial charge is 0.368 e. The monoisotopic (exact) mass is 352 g/mol. The Labute approximate surface area is 149 Å². The number of nitrogens with two attached hydrogens (primary N) is 1. The zero-order chi connectivity index (χ0) is 18.4.